The Kier molecular flexibility index (Phi) is 7.49. The zero-order valence-corrected chi connectivity index (χ0v) is 10.1. The fourth-order valence-electron chi connectivity index (χ4n) is 0.997. The van der Waals surface area contributed by atoms with Crippen molar-refractivity contribution in [3.05, 3.63) is 23.8 Å². The summed E-state index contributed by atoms with van der Waals surface area (Å²) in [6.45, 7) is 0.472. The highest BCUT2D eigenvalue weighted by molar-refractivity contribution is 5.94. The van der Waals surface area contributed by atoms with Gasteiger partial charge in [-0.25, -0.2) is 0 Å². The SMILES string of the molecule is CNC(=O)c1ccc(N)c(OC)c1.NCCO. The van der Waals surface area contributed by atoms with Crippen molar-refractivity contribution in [2.45, 2.75) is 0 Å². The van der Waals surface area contributed by atoms with Crippen LogP contribution in [0.2, 0.25) is 0 Å². The molecule has 1 rings (SSSR count). The van der Waals surface area contributed by atoms with Gasteiger partial charge in [0.05, 0.1) is 19.4 Å². The van der Waals surface area contributed by atoms with Gasteiger partial charge in [-0.05, 0) is 18.2 Å². The summed E-state index contributed by atoms with van der Waals surface area (Å²) >= 11 is 0. The van der Waals surface area contributed by atoms with Crippen LogP contribution in [0.1, 0.15) is 10.4 Å². The van der Waals surface area contributed by atoms with Gasteiger partial charge in [0.1, 0.15) is 5.75 Å². The lowest BCUT2D eigenvalue weighted by atomic mass is 10.2. The second-order valence-corrected chi connectivity index (χ2v) is 3.05. The van der Waals surface area contributed by atoms with Gasteiger partial charge < -0.3 is 26.6 Å². The van der Waals surface area contributed by atoms with Crippen molar-refractivity contribution in [1.29, 1.82) is 0 Å². The number of rotatable bonds is 3. The van der Waals surface area contributed by atoms with Crippen LogP contribution in [0.4, 0.5) is 5.69 Å². The minimum Gasteiger partial charge on any atom is -0.495 e. The molecule has 0 aliphatic rings. The van der Waals surface area contributed by atoms with E-state index in [-0.39, 0.29) is 12.5 Å². The molecule has 0 bridgehead atoms. The molecule has 0 radical (unpaired) electrons. The molecular weight excluding hydrogens is 222 g/mol. The molecule has 0 heterocycles. The Labute approximate surface area is 101 Å². The van der Waals surface area contributed by atoms with E-state index in [2.05, 4.69) is 5.32 Å². The third kappa shape index (κ3) is 5.19. The lowest BCUT2D eigenvalue weighted by molar-refractivity contribution is 0.0963. The van der Waals surface area contributed by atoms with Gasteiger partial charge in [0, 0.05) is 19.2 Å². The van der Waals surface area contributed by atoms with Gasteiger partial charge >= 0.3 is 0 Å². The van der Waals surface area contributed by atoms with Crippen LogP contribution in [0.5, 0.6) is 5.75 Å². The summed E-state index contributed by atoms with van der Waals surface area (Å²) in [6, 6.07) is 4.90. The van der Waals surface area contributed by atoms with E-state index < -0.39 is 0 Å². The number of amides is 1. The van der Waals surface area contributed by atoms with E-state index in [1.54, 1.807) is 25.2 Å². The van der Waals surface area contributed by atoms with Crippen LogP contribution in [0.15, 0.2) is 18.2 Å². The maximum absolute atomic E-state index is 11.2. The molecule has 1 amide bonds. The molecule has 1 aromatic carbocycles. The van der Waals surface area contributed by atoms with Crippen molar-refractivity contribution in [3.8, 4) is 5.75 Å². The van der Waals surface area contributed by atoms with Crippen molar-refractivity contribution in [1.82, 2.24) is 5.32 Å². The smallest absolute Gasteiger partial charge is 0.251 e. The van der Waals surface area contributed by atoms with E-state index in [9.17, 15) is 4.79 Å². The van der Waals surface area contributed by atoms with Crippen LogP contribution in [-0.2, 0) is 0 Å². The molecule has 17 heavy (non-hydrogen) atoms. The Balaban J connectivity index is 0.000000557. The number of aliphatic hydroxyl groups excluding tert-OH is 1. The monoisotopic (exact) mass is 241 g/mol. The number of anilines is 1. The third-order valence-electron chi connectivity index (χ3n) is 1.85. The number of nitrogen functional groups attached to an aromatic ring is 1. The molecule has 0 saturated carbocycles. The fourth-order valence-corrected chi connectivity index (χ4v) is 0.997. The van der Waals surface area contributed by atoms with Crippen molar-refractivity contribution in [3.63, 3.8) is 0 Å². The minimum atomic E-state index is -0.154. The largest absolute Gasteiger partial charge is 0.495 e. The van der Waals surface area contributed by atoms with Crippen LogP contribution >= 0.6 is 0 Å². The van der Waals surface area contributed by atoms with Gasteiger partial charge in [0.25, 0.3) is 5.91 Å². The molecule has 0 saturated heterocycles. The maximum Gasteiger partial charge on any atom is 0.251 e. The highest BCUT2D eigenvalue weighted by atomic mass is 16.5. The number of hydrogen-bond acceptors (Lipinski definition) is 5. The average Bonchev–Trinajstić information content (AvgIpc) is 2.38. The molecule has 0 aliphatic carbocycles. The van der Waals surface area contributed by atoms with Crippen molar-refractivity contribution in [2.24, 2.45) is 5.73 Å². The predicted octanol–water partition coefficient (Wildman–Crippen LogP) is -0.426. The first kappa shape index (κ1) is 15.2. The molecule has 1 aromatic rings. The number of methoxy groups -OCH3 is 1. The van der Waals surface area contributed by atoms with Gasteiger partial charge in [-0.15, -0.1) is 0 Å². The standard InChI is InChI=1S/C9H12N2O2.C2H7NO/c1-11-9(12)6-3-4-7(10)8(5-6)13-2;3-1-2-4/h3-5H,10H2,1-2H3,(H,11,12);4H,1-3H2. The topological polar surface area (TPSA) is 111 Å². The molecule has 6 N–H and O–H groups in total. The number of nitrogens with two attached hydrogens (primary N) is 2. The van der Waals surface area contributed by atoms with Crippen LogP contribution in [0, 0.1) is 0 Å². The van der Waals surface area contributed by atoms with E-state index in [0.29, 0.717) is 23.5 Å². The molecule has 0 unspecified atom stereocenters. The van der Waals surface area contributed by atoms with E-state index in [4.69, 9.17) is 21.3 Å². The van der Waals surface area contributed by atoms with Gasteiger partial charge in [-0.2, -0.15) is 0 Å². The van der Waals surface area contributed by atoms with E-state index >= 15 is 0 Å². The number of carbonyl (C=O) groups is 1. The number of carbonyl (C=O) groups excluding carboxylic acids is 1. The minimum absolute atomic E-state index is 0.0972. The first-order valence-electron chi connectivity index (χ1n) is 5.07. The summed E-state index contributed by atoms with van der Waals surface area (Å²) in [5.41, 5.74) is 11.4. The molecule has 6 nitrogen and oxygen atoms in total. The Morgan fingerprint density at radius 2 is 2.12 bits per heavy atom. The number of ether oxygens (including phenoxy) is 1. The Hall–Kier alpha value is -1.79. The zero-order chi connectivity index (χ0) is 13.3. The molecule has 0 spiro atoms. The lowest BCUT2D eigenvalue weighted by Crippen LogP contribution is -2.17. The fraction of sp³-hybridized carbons (Fsp3) is 0.364. The molecular formula is C11H19N3O3. The Morgan fingerprint density at radius 3 is 2.53 bits per heavy atom. The van der Waals surface area contributed by atoms with Gasteiger partial charge in [0.2, 0.25) is 0 Å². The number of hydrogen-bond donors (Lipinski definition) is 4. The number of benzene rings is 1. The summed E-state index contributed by atoms with van der Waals surface area (Å²) in [5, 5.41) is 10.3. The Morgan fingerprint density at radius 1 is 1.53 bits per heavy atom. The van der Waals surface area contributed by atoms with Crippen LogP contribution in [0.3, 0.4) is 0 Å². The highest BCUT2D eigenvalue weighted by Gasteiger charge is 2.06. The second-order valence-electron chi connectivity index (χ2n) is 3.05. The molecule has 0 fully saturated rings. The highest BCUT2D eigenvalue weighted by Crippen LogP contribution is 2.21. The van der Waals surface area contributed by atoms with Gasteiger partial charge in [-0.1, -0.05) is 0 Å². The van der Waals surface area contributed by atoms with Gasteiger partial charge in [0.15, 0.2) is 0 Å². The van der Waals surface area contributed by atoms with E-state index in [0.717, 1.165) is 0 Å². The summed E-state index contributed by atoms with van der Waals surface area (Å²) < 4.78 is 4.98. The molecule has 6 heteroatoms. The predicted molar refractivity (Wildman–Crippen MR) is 66.9 cm³/mol. The first-order chi connectivity index (χ1) is 8.10. The van der Waals surface area contributed by atoms with Crippen LogP contribution in [0.25, 0.3) is 0 Å². The quantitative estimate of drug-likeness (QED) is 0.537. The van der Waals surface area contributed by atoms with Crippen LogP contribution in [-0.4, -0.2) is 38.3 Å². The molecule has 0 aliphatic heterocycles. The summed E-state index contributed by atoms with van der Waals surface area (Å²) in [4.78, 5) is 11.2. The zero-order valence-electron chi connectivity index (χ0n) is 10.1. The number of aliphatic hydroxyl groups is 1. The summed E-state index contributed by atoms with van der Waals surface area (Å²) in [7, 11) is 3.09. The molecule has 96 valence electrons. The normalized spacial score (nSPS) is 8.94. The number of nitrogens with one attached hydrogen (secondary N) is 1. The molecule has 0 aromatic heterocycles. The Bertz CT molecular complexity index is 354. The van der Waals surface area contributed by atoms with Crippen LogP contribution < -0.4 is 21.5 Å². The second kappa shape index (κ2) is 8.37. The van der Waals surface area contributed by atoms with E-state index in [1.807, 2.05) is 0 Å². The molecule has 0 atom stereocenters. The first-order valence-corrected chi connectivity index (χ1v) is 5.07. The summed E-state index contributed by atoms with van der Waals surface area (Å²) in [6.07, 6.45) is 0. The average molecular weight is 241 g/mol. The van der Waals surface area contributed by atoms with Gasteiger partial charge in [-0.3, -0.25) is 4.79 Å². The third-order valence-corrected chi connectivity index (χ3v) is 1.85. The van der Waals surface area contributed by atoms with Crippen molar-refractivity contribution in [2.75, 3.05) is 33.0 Å². The van der Waals surface area contributed by atoms with E-state index in [1.165, 1.54) is 7.11 Å². The maximum atomic E-state index is 11.2. The van der Waals surface area contributed by atoms with Crippen molar-refractivity contribution >= 4 is 11.6 Å². The van der Waals surface area contributed by atoms with Crippen molar-refractivity contribution < 1.29 is 14.6 Å². The lowest BCUT2D eigenvalue weighted by Gasteiger charge is -2.05. The summed E-state index contributed by atoms with van der Waals surface area (Å²) in [5.74, 6) is 0.361.